The molecule has 0 aliphatic heterocycles. The zero-order chi connectivity index (χ0) is 14.7. The number of thiocarbonyl (C=S) groups is 1. The van der Waals surface area contributed by atoms with Crippen LogP contribution >= 0.6 is 23.8 Å². The maximum Gasteiger partial charge on any atom is 0.142 e. The van der Waals surface area contributed by atoms with E-state index in [2.05, 4.69) is 5.32 Å². The number of rotatable bonds is 4. The van der Waals surface area contributed by atoms with Gasteiger partial charge in [0.2, 0.25) is 0 Å². The first kappa shape index (κ1) is 14.6. The SMILES string of the molecule is COc1ccc(Cl)cc1Nc1ccc(F)cc1C(N)=S. The van der Waals surface area contributed by atoms with Gasteiger partial charge in [0, 0.05) is 16.3 Å². The summed E-state index contributed by atoms with van der Waals surface area (Å²) in [7, 11) is 1.55. The van der Waals surface area contributed by atoms with Crippen molar-refractivity contribution in [1.29, 1.82) is 0 Å². The molecule has 2 rings (SSSR count). The molecule has 0 heterocycles. The molecule has 0 aromatic heterocycles. The molecule has 104 valence electrons. The summed E-state index contributed by atoms with van der Waals surface area (Å²) >= 11 is 10.9. The molecular formula is C14H12ClFN2OS. The third-order valence-corrected chi connectivity index (χ3v) is 3.13. The highest BCUT2D eigenvalue weighted by Crippen LogP contribution is 2.31. The predicted octanol–water partition coefficient (Wildman–Crippen LogP) is 3.87. The number of ether oxygens (including phenoxy) is 1. The monoisotopic (exact) mass is 310 g/mol. The summed E-state index contributed by atoms with van der Waals surface area (Å²) in [6, 6.07) is 9.30. The van der Waals surface area contributed by atoms with E-state index in [1.54, 1.807) is 31.4 Å². The lowest BCUT2D eigenvalue weighted by Crippen LogP contribution is -2.12. The molecule has 0 fully saturated rings. The number of halogens is 2. The predicted molar refractivity (Wildman–Crippen MR) is 83.6 cm³/mol. The molecule has 0 amide bonds. The fourth-order valence-electron chi connectivity index (χ4n) is 1.75. The molecule has 0 spiro atoms. The Morgan fingerprint density at radius 3 is 2.65 bits per heavy atom. The minimum atomic E-state index is -0.406. The standard InChI is InChI=1S/C14H12ClFN2OS/c1-19-13-5-2-8(15)6-12(13)18-11-4-3-9(16)7-10(11)14(17)20/h2-7,18H,1H3,(H2,17,20). The molecular weight excluding hydrogens is 299 g/mol. The van der Waals surface area contributed by atoms with Crippen LogP contribution in [0.1, 0.15) is 5.56 Å². The molecule has 0 saturated heterocycles. The van der Waals surface area contributed by atoms with Gasteiger partial charge in [0.15, 0.2) is 0 Å². The van der Waals surface area contributed by atoms with Crippen LogP contribution in [0.25, 0.3) is 0 Å². The van der Waals surface area contributed by atoms with Gasteiger partial charge in [-0.15, -0.1) is 0 Å². The summed E-state index contributed by atoms with van der Waals surface area (Å²) in [5, 5.41) is 3.65. The lowest BCUT2D eigenvalue weighted by atomic mass is 10.1. The molecule has 6 heteroatoms. The van der Waals surface area contributed by atoms with Gasteiger partial charge >= 0.3 is 0 Å². The largest absolute Gasteiger partial charge is 0.495 e. The second-order valence-electron chi connectivity index (χ2n) is 4.02. The highest BCUT2D eigenvalue weighted by Gasteiger charge is 2.10. The zero-order valence-electron chi connectivity index (χ0n) is 10.6. The van der Waals surface area contributed by atoms with E-state index in [9.17, 15) is 4.39 Å². The van der Waals surface area contributed by atoms with Crippen molar-refractivity contribution >= 4 is 40.2 Å². The van der Waals surface area contributed by atoms with Crippen LogP contribution in [0, 0.1) is 5.82 Å². The molecule has 2 aromatic rings. The lowest BCUT2D eigenvalue weighted by Gasteiger charge is -2.14. The van der Waals surface area contributed by atoms with Crippen molar-refractivity contribution < 1.29 is 9.13 Å². The summed E-state index contributed by atoms with van der Waals surface area (Å²) in [4.78, 5) is 0.105. The Kier molecular flexibility index (Phi) is 4.42. The van der Waals surface area contributed by atoms with Crippen molar-refractivity contribution in [1.82, 2.24) is 0 Å². The third-order valence-electron chi connectivity index (χ3n) is 2.68. The summed E-state index contributed by atoms with van der Waals surface area (Å²) < 4.78 is 18.5. The van der Waals surface area contributed by atoms with Crippen LogP contribution in [0.2, 0.25) is 5.02 Å². The Morgan fingerprint density at radius 2 is 2.00 bits per heavy atom. The fourth-order valence-corrected chi connectivity index (χ4v) is 2.09. The first-order valence-corrected chi connectivity index (χ1v) is 6.50. The average Bonchev–Trinajstić information content (AvgIpc) is 2.41. The maximum atomic E-state index is 13.3. The van der Waals surface area contributed by atoms with Gasteiger partial charge in [-0.3, -0.25) is 0 Å². The van der Waals surface area contributed by atoms with E-state index < -0.39 is 5.82 Å². The third kappa shape index (κ3) is 3.18. The Hall–Kier alpha value is -1.85. The van der Waals surface area contributed by atoms with Crippen LogP contribution in [0.3, 0.4) is 0 Å². The highest BCUT2D eigenvalue weighted by molar-refractivity contribution is 7.80. The molecule has 0 saturated carbocycles. The van der Waals surface area contributed by atoms with Crippen molar-refractivity contribution in [2.45, 2.75) is 0 Å². The molecule has 0 unspecified atom stereocenters. The van der Waals surface area contributed by atoms with Gasteiger partial charge in [0.25, 0.3) is 0 Å². The first-order chi connectivity index (χ1) is 9.51. The topological polar surface area (TPSA) is 47.3 Å². The van der Waals surface area contributed by atoms with E-state index >= 15 is 0 Å². The molecule has 0 bridgehead atoms. The quantitative estimate of drug-likeness (QED) is 0.842. The molecule has 3 N–H and O–H groups in total. The molecule has 0 radical (unpaired) electrons. The normalized spacial score (nSPS) is 10.2. The van der Waals surface area contributed by atoms with Crippen molar-refractivity contribution in [3.05, 3.63) is 52.8 Å². The maximum absolute atomic E-state index is 13.3. The number of nitrogens with two attached hydrogens (primary N) is 1. The van der Waals surface area contributed by atoms with E-state index in [4.69, 9.17) is 34.3 Å². The number of anilines is 2. The summed E-state index contributed by atoms with van der Waals surface area (Å²) in [5.41, 5.74) is 7.25. The van der Waals surface area contributed by atoms with Gasteiger partial charge in [-0.1, -0.05) is 23.8 Å². The molecule has 20 heavy (non-hydrogen) atoms. The Balaban J connectivity index is 2.44. The van der Waals surface area contributed by atoms with Crippen LogP contribution in [-0.4, -0.2) is 12.1 Å². The van der Waals surface area contributed by atoms with Gasteiger partial charge in [-0.2, -0.15) is 0 Å². The van der Waals surface area contributed by atoms with Crippen molar-refractivity contribution in [3.63, 3.8) is 0 Å². The molecule has 0 atom stereocenters. The van der Waals surface area contributed by atoms with E-state index in [1.165, 1.54) is 12.1 Å². The zero-order valence-corrected chi connectivity index (χ0v) is 12.2. The summed E-state index contributed by atoms with van der Waals surface area (Å²) in [6.45, 7) is 0. The minimum absolute atomic E-state index is 0.105. The van der Waals surface area contributed by atoms with E-state index in [-0.39, 0.29) is 4.99 Å². The number of nitrogens with one attached hydrogen (secondary N) is 1. The van der Waals surface area contributed by atoms with Crippen LogP contribution in [0.15, 0.2) is 36.4 Å². The number of methoxy groups -OCH3 is 1. The van der Waals surface area contributed by atoms with Crippen molar-refractivity contribution in [2.24, 2.45) is 5.73 Å². The van der Waals surface area contributed by atoms with Crippen molar-refractivity contribution in [2.75, 3.05) is 12.4 Å². The van der Waals surface area contributed by atoms with Crippen LogP contribution in [0.5, 0.6) is 5.75 Å². The molecule has 0 aliphatic carbocycles. The van der Waals surface area contributed by atoms with Gasteiger partial charge in [-0.25, -0.2) is 4.39 Å². The van der Waals surface area contributed by atoms with Crippen LogP contribution < -0.4 is 15.8 Å². The van der Waals surface area contributed by atoms with Gasteiger partial charge in [-0.05, 0) is 36.4 Å². The highest BCUT2D eigenvalue weighted by atomic mass is 35.5. The summed E-state index contributed by atoms with van der Waals surface area (Å²) in [5.74, 6) is 0.198. The van der Waals surface area contributed by atoms with Gasteiger partial charge in [0.1, 0.15) is 16.6 Å². The Bertz CT molecular complexity index is 664. The van der Waals surface area contributed by atoms with E-state index in [0.29, 0.717) is 27.7 Å². The van der Waals surface area contributed by atoms with Gasteiger partial charge < -0.3 is 15.8 Å². The first-order valence-electron chi connectivity index (χ1n) is 5.71. The van der Waals surface area contributed by atoms with Gasteiger partial charge in [0.05, 0.1) is 12.8 Å². The second-order valence-corrected chi connectivity index (χ2v) is 4.90. The number of hydrogen-bond acceptors (Lipinski definition) is 3. The second kappa shape index (κ2) is 6.07. The molecule has 0 aliphatic rings. The fraction of sp³-hybridized carbons (Fsp3) is 0.0714. The Labute approximate surface area is 126 Å². The lowest BCUT2D eigenvalue weighted by molar-refractivity contribution is 0.417. The van der Waals surface area contributed by atoms with Crippen molar-refractivity contribution in [3.8, 4) is 5.75 Å². The van der Waals surface area contributed by atoms with Crippen LogP contribution in [-0.2, 0) is 0 Å². The van der Waals surface area contributed by atoms with Crippen LogP contribution in [0.4, 0.5) is 15.8 Å². The van der Waals surface area contributed by atoms with E-state index in [0.717, 1.165) is 0 Å². The number of hydrogen-bond donors (Lipinski definition) is 2. The summed E-state index contributed by atoms with van der Waals surface area (Å²) in [6.07, 6.45) is 0. The minimum Gasteiger partial charge on any atom is -0.495 e. The molecule has 2 aromatic carbocycles. The van der Waals surface area contributed by atoms with E-state index in [1.807, 2.05) is 0 Å². The molecule has 3 nitrogen and oxygen atoms in total. The Morgan fingerprint density at radius 1 is 1.25 bits per heavy atom. The number of benzene rings is 2. The smallest absolute Gasteiger partial charge is 0.142 e. The average molecular weight is 311 g/mol.